The molecule has 2 aromatic carbocycles. The molecule has 1 heterocycles. The number of benzene rings is 2. The molecule has 0 bridgehead atoms. The summed E-state index contributed by atoms with van der Waals surface area (Å²) in [5, 5.41) is 5.93. The van der Waals surface area contributed by atoms with Gasteiger partial charge in [0.2, 0.25) is 5.91 Å². The lowest BCUT2D eigenvalue weighted by atomic mass is 10.1. The summed E-state index contributed by atoms with van der Waals surface area (Å²) < 4.78 is 0. The molecule has 0 spiro atoms. The van der Waals surface area contributed by atoms with Crippen LogP contribution in [0.2, 0.25) is 5.02 Å². The molecule has 1 atom stereocenters. The van der Waals surface area contributed by atoms with Gasteiger partial charge in [-0.3, -0.25) is 14.5 Å². The van der Waals surface area contributed by atoms with Crippen molar-refractivity contribution in [3.63, 3.8) is 0 Å². The average Bonchev–Trinajstić information content (AvgIpc) is 2.91. The molecule has 0 saturated carbocycles. The summed E-state index contributed by atoms with van der Waals surface area (Å²) in [6, 6.07) is 13.7. The first-order valence-electron chi connectivity index (χ1n) is 8.66. The fourth-order valence-corrected chi connectivity index (χ4v) is 3.21. The molecule has 4 amide bonds. The number of hydrogen-bond donors (Lipinski definition) is 2. The number of amides is 4. The molecule has 1 fully saturated rings. The minimum absolute atomic E-state index is 0.325. The maximum atomic E-state index is 12.5. The summed E-state index contributed by atoms with van der Waals surface area (Å²) in [6.45, 7) is 1.49. The van der Waals surface area contributed by atoms with Crippen LogP contribution in [0.3, 0.4) is 0 Å². The van der Waals surface area contributed by atoms with Gasteiger partial charge in [0, 0.05) is 10.7 Å². The second kappa shape index (κ2) is 8.22. The van der Waals surface area contributed by atoms with E-state index in [4.69, 9.17) is 11.6 Å². The van der Waals surface area contributed by atoms with Gasteiger partial charge in [-0.15, -0.1) is 0 Å². The van der Waals surface area contributed by atoms with Crippen LogP contribution in [0.4, 0.5) is 10.5 Å². The molecule has 6 nitrogen and oxygen atoms in total. The number of rotatable bonds is 6. The van der Waals surface area contributed by atoms with Gasteiger partial charge in [-0.2, -0.15) is 0 Å². The number of hydrogen-bond acceptors (Lipinski definition) is 3. The Bertz CT molecular complexity index is 870. The molecule has 2 N–H and O–H groups in total. The van der Waals surface area contributed by atoms with Crippen LogP contribution in [0.25, 0.3) is 0 Å². The summed E-state index contributed by atoms with van der Waals surface area (Å²) in [4.78, 5) is 37.8. The highest BCUT2D eigenvalue weighted by atomic mass is 35.5. The Balaban J connectivity index is 1.57. The average molecular weight is 386 g/mol. The van der Waals surface area contributed by atoms with E-state index in [1.165, 1.54) is 0 Å². The predicted molar refractivity (Wildman–Crippen MR) is 104 cm³/mol. The van der Waals surface area contributed by atoms with Gasteiger partial charge < -0.3 is 10.6 Å². The van der Waals surface area contributed by atoms with E-state index < -0.39 is 18.0 Å². The van der Waals surface area contributed by atoms with E-state index in [9.17, 15) is 14.4 Å². The van der Waals surface area contributed by atoms with Gasteiger partial charge in [-0.1, -0.05) is 41.9 Å². The lowest BCUT2D eigenvalue weighted by molar-refractivity contribution is -0.130. The molecule has 1 saturated heterocycles. The molecule has 0 aromatic heterocycles. The molecule has 0 aliphatic carbocycles. The van der Waals surface area contributed by atoms with Gasteiger partial charge >= 0.3 is 6.03 Å². The molecule has 140 valence electrons. The minimum atomic E-state index is -0.609. The zero-order chi connectivity index (χ0) is 19.4. The molecular formula is C20H20ClN3O3. The number of halogens is 1. The van der Waals surface area contributed by atoms with Crippen molar-refractivity contribution in [2.45, 2.75) is 25.8 Å². The lowest BCUT2D eigenvalue weighted by Gasteiger charge is -2.14. The van der Waals surface area contributed by atoms with Crippen molar-refractivity contribution in [2.75, 3.05) is 11.9 Å². The number of anilines is 1. The molecule has 1 aliphatic rings. The maximum absolute atomic E-state index is 12.5. The van der Waals surface area contributed by atoms with Gasteiger partial charge in [0.05, 0.1) is 0 Å². The van der Waals surface area contributed by atoms with Crippen molar-refractivity contribution in [3.05, 3.63) is 64.7 Å². The summed E-state index contributed by atoms with van der Waals surface area (Å²) in [6.07, 6.45) is 1.16. The highest BCUT2D eigenvalue weighted by molar-refractivity contribution is 6.30. The van der Waals surface area contributed by atoms with E-state index in [2.05, 4.69) is 10.6 Å². The normalized spacial score (nSPS) is 16.4. The summed E-state index contributed by atoms with van der Waals surface area (Å²) in [5.74, 6) is -0.813. The van der Waals surface area contributed by atoms with Gasteiger partial charge in [0.15, 0.2) is 0 Å². The summed E-state index contributed by atoms with van der Waals surface area (Å²) in [7, 11) is 0. The van der Waals surface area contributed by atoms with Crippen molar-refractivity contribution >= 4 is 35.1 Å². The van der Waals surface area contributed by atoms with E-state index in [-0.39, 0.29) is 12.5 Å². The highest BCUT2D eigenvalue weighted by Crippen LogP contribution is 2.20. The second-order valence-corrected chi connectivity index (χ2v) is 6.89. The van der Waals surface area contributed by atoms with Crippen LogP contribution in [0.15, 0.2) is 48.5 Å². The van der Waals surface area contributed by atoms with Crippen LogP contribution in [-0.2, 0) is 16.0 Å². The third kappa shape index (κ3) is 4.65. The van der Waals surface area contributed by atoms with Crippen molar-refractivity contribution < 1.29 is 14.4 Å². The van der Waals surface area contributed by atoms with Gasteiger partial charge in [-0.25, -0.2) is 4.79 Å². The van der Waals surface area contributed by atoms with Crippen LogP contribution in [-0.4, -0.2) is 35.3 Å². The number of imide groups is 1. The number of aryl methyl sites for hydroxylation is 2. The first-order valence-corrected chi connectivity index (χ1v) is 9.03. The first kappa shape index (κ1) is 18.9. The van der Waals surface area contributed by atoms with Gasteiger partial charge in [0.25, 0.3) is 5.91 Å². The van der Waals surface area contributed by atoms with E-state index in [1.54, 1.807) is 18.2 Å². The number of urea groups is 1. The fraction of sp³-hybridized carbons (Fsp3) is 0.250. The van der Waals surface area contributed by atoms with E-state index >= 15 is 0 Å². The van der Waals surface area contributed by atoms with Crippen LogP contribution in [0, 0.1) is 6.92 Å². The predicted octanol–water partition coefficient (Wildman–Crippen LogP) is 3.14. The fourth-order valence-electron chi connectivity index (χ4n) is 2.98. The largest absolute Gasteiger partial charge is 0.326 e. The smallest absolute Gasteiger partial charge is 0.325 e. The second-order valence-electron chi connectivity index (χ2n) is 6.46. The highest BCUT2D eigenvalue weighted by Gasteiger charge is 2.38. The van der Waals surface area contributed by atoms with Crippen LogP contribution in [0.5, 0.6) is 0 Å². The Labute approximate surface area is 162 Å². The molecular weight excluding hydrogens is 366 g/mol. The Morgan fingerprint density at radius 2 is 1.93 bits per heavy atom. The number of carbonyl (C=O) groups excluding carboxylic acids is 3. The Morgan fingerprint density at radius 3 is 2.63 bits per heavy atom. The monoisotopic (exact) mass is 385 g/mol. The van der Waals surface area contributed by atoms with Gasteiger partial charge in [-0.05, 0) is 49.1 Å². The van der Waals surface area contributed by atoms with Crippen molar-refractivity contribution in [2.24, 2.45) is 0 Å². The third-order valence-electron chi connectivity index (χ3n) is 4.44. The van der Waals surface area contributed by atoms with Crippen molar-refractivity contribution in [1.29, 1.82) is 0 Å². The number of nitrogens with one attached hydrogen (secondary N) is 2. The Hall–Kier alpha value is -2.86. The Kier molecular flexibility index (Phi) is 5.76. The quantitative estimate of drug-likeness (QED) is 0.750. The molecule has 7 heteroatoms. The van der Waals surface area contributed by atoms with Crippen molar-refractivity contribution in [3.8, 4) is 0 Å². The molecule has 0 unspecified atom stereocenters. The molecule has 3 rings (SSSR count). The molecule has 0 radical (unpaired) electrons. The van der Waals surface area contributed by atoms with Crippen LogP contribution < -0.4 is 10.6 Å². The maximum Gasteiger partial charge on any atom is 0.325 e. The zero-order valence-electron chi connectivity index (χ0n) is 14.9. The minimum Gasteiger partial charge on any atom is -0.326 e. The SMILES string of the molecule is Cc1cc(Cl)ccc1NC(=O)CN1C(=O)N[C@@H](CCc2ccccc2)C1=O. The third-order valence-corrected chi connectivity index (χ3v) is 4.67. The van der Waals surface area contributed by atoms with Crippen LogP contribution in [0.1, 0.15) is 17.5 Å². The van der Waals surface area contributed by atoms with E-state index in [0.29, 0.717) is 23.6 Å². The van der Waals surface area contributed by atoms with E-state index in [0.717, 1.165) is 16.0 Å². The molecule has 2 aromatic rings. The van der Waals surface area contributed by atoms with Crippen molar-refractivity contribution in [1.82, 2.24) is 10.2 Å². The molecule has 27 heavy (non-hydrogen) atoms. The summed E-state index contributed by atoms with van der Waals surface area (Å²) >= 11 is 5.90. The first-order chi connectivity index (χ1) is 12.9. The summed E-state index contributed by atoms with van der Waals surface area (Å²) in [5.41, 5.74) is 2.49. The Morgan fingerprint density at radius 1 is 1.19 bits per heavy atom. The number of nitrogens with zero attached hydrogens (tertiary/aromatic N) is 1. The standard InChI is InChI=1S/C20H20ClN3O3/c1-13-11-15(21)8-10-16(13)22-18(25)12-24-19(26)17(23-20(24)27)9-7-14-5-3-2-4-6-14/h2-6,8,10-11,17H,7,9,12H2,1H3,(H,22,25)(H,23,27)/t17-/m0/s1. The topological polar surface area (TPSA) is 78.5 Å². The van der Waals surface area contributed by atoms with Gasteiger partial charge in [0.1, 0.15) is 12.6 Å². The molecule has 1 aliphatic heterocycles. The lowest BCUT2D eigenvalue weighted by Crippen LogP contribution is -2.38. The zero-order valence-corrected chi connectivity index (χ0v) is 15.6. The van der Waals surface area contributed by atoms with Crippen LogP contribution >= 0.6 is 11.6 Å². The number of carbonyl (C=O) groups is 3. The van der Waals surface area contributed by atoms with E-state index in [1.807, 2.05) is 37.3 Å².